The quantitative estimate of drug-likeness (QED) is 0.361. The number of nitrogens with zero attached hydrogens (tertiary/aromatic N) is 2. The van der Waals surface area contributed by atoms with Gasteiger partial charge in [-0.25, -0.2) is 4.98 Å². The fraction of sp³-hybridized carbons (Fsp3) is 0.583. The van der Waals surface area contributed by atoms with Crippen LogP contribution in [0.1, 0.15) is 30.7 Å². The molecule has 1 saturated carbocycles. The highest BCUT2D eigenvalue weighted by Crippen LogP contribution is 2.36. The summed E-state index contributed by atoms with van der Waals surface area (Å²) >= 11 is 5.72. The van der Waals surface area contributed by atoms with Crippen LogP contribution < -0.4 is 0 Å². The van der Waals surface area contributed by atoms with Gasteiger partial charge in [0.15, 0.2) is 0 Å². The van der Waals surface area contributed by atoms with Gasteiger partial charge in [-0.15, -0.1) is 0 Å². The van der Waals surface area contributed by atoms with E-state index in [-0.39, 0.29) is 17.8 Å². The lowest BCUT2D eigenvalue weighted by Crippen LogP contribution is -2.37. The van der Waals surface area contributed by atoms with Gasteiger partial charge < -0.3 is 0 Å². The van der Waals surface area contributed by atoms with Crippen LogP contribution in [0.2, 0.25) is 5.15 Å². The second kappa shape index (κ2) is 6.25. The molecule has 2 rings (SSSR count). The van der Waals surface area contributed by atoms with E-state index in [1.54, 1.807) is 12.1 Å². The second-order valence-corrected chi connectivity index (χ2v) is 7.10. The van der Waals surface area contributed by atoms with E-state index in [1.165, 1.54) is 6.20 Å². The summed E-state index contributed by atoms with van der Waals surface area (Å²) in [5.74, 6) is -0.440. The van der Waals surface area contributed by atoms with Crippen molar-refractivity contribution in [1.82, 2.24) is 4.98 Å². The smallest absolute Gasteiger partial charge is 0.264 e. The summed E-state index contributed by atoms with van der Waals surface area (Å²) in [4.78, 5) is 14.8. The standard InChI is InChI=1S/C12H15ClN2O5S/c1-21(18,19)20-9-3-4-11(15(16)17)10(6-9)8-2-5-12(13)14-7-8/h2,5,7,9-11H,3-4,6H2,1H3/t9-,10-,11+/m1/s1. The summed E-state index contributed by atoms with van der Waals surface area (Å²) in [5.41, 5.74) is 0.669. The Labute approximate surface area is 127 Å². The molecule has 0 aromatic carbocycles. The Morgan fingerprint density at radius 1 is 1.43 bits per heavy atom. The van der Waals surface area contributed by atoms with Gasteiger partial charge in [-0.3, -0.25) is 14.3 Å². The summed E-state index contributed by atoms with van der Waals surface area (Å²) in [7, 11) is -3.58. The van der Waals surface area contributed by atoms with Gasteiger partial charge in [0.25, 0.3) is 10.1 Å². The molecule has 21 heavy (non-hydrogen) atoms. The zero-order valence-electron chi connectivity index (χ0n) is 11.3. The van der Waals surface area contributed by atoms with Crippen molar-refractivity contribution in [2.75, 3.05) is 6.26 Å². The minimum atomic E-state index is -3.58. The maximum absolute atomic E-state index is 11.2. The minimum Gasteiger partial charge on any atom is -0.267 e. The predicted octanol–water partition coefficient (Wildman–Crippen LogP) is 1.99. The zero-order chi connectivity index (χ0) is 15.6. The van der Waals surface area contributed by atoms with Crippen molar-refractivity contribution in [3.05, 3.63) is 39.2 Å². The van der Waals surface area contributed by atoms with Gasteiger partial charge in [-0.1, -0.05) is 17.7 Å². The molecular weight excluding hydrogens is 320 g/mol. The van der Waals surface area contributed by atoms with E-state index in [2.05, 4.69) is 4.98 Å². The number of aromatic nitrogens is 1. The zero-order valence-corrected chi connectivity index (χ0v) is 12.9. The SMILES string of the molecule is CS(=O)(=O)O[C@@H]1CC[C@H]([N+](=O)[O-])[C@@H](c2ccc(Cl)nc2)C1. The van der Waals surface area contributed by atoms with Crippen molar-refractivity contribution in [2.45, 2.75) is 37.3 Å². The van der Waals surface area contributed by atoms with E-state index in [4.69, 9.17) is 15.8 Å². The Hall–Kier alpha value is -1.25. The van der Waals surface area contributed by atoms with E-state index in [0.717, 1.165) is 6.26 Å². The summed E-state index contributed by atoms with van der Waals surface area (Å²) < 4.78 is 27.4. The number of pyridine rings is 1. The maximum atomic E-state index is 11.2. The monoisotopic (exact) mass is 334 g/mol. The van der Waals surface area contributed by atoms with Crippen LogP contribution in [-0.2, 0) is 14.3 Å². The van der Waals surface area contributed by atoms with Crippen molar-refractivity contribution in [1.29, 1.82) is 0 Å². The van der Waals surface area contributed by atoms with Crippen LogP contribution in [0.4, 0.5) is 0 Å². The molecule has 1 aromatic heterocycles. The third-order valence-electron chi connectivity index (χ3n) is 3.53. The molecule has 0 radical (unpaired) electrons. The first-order chi connectivity index (χ1) is 9.76. The summed E-state index contributed by atoms with van der Waals surface area (Å²) in [5, 5.41) is 11.5. The minimum absolute atomic E-state index is 0.264. The molecule has 3 atom stereocenters. The van der Waals surface area contributed by atoms with Gasteiger partial charge in [0, 0.05) is 17.5 Å². The molecule has 7 nitrogen and oxygen atoms in total. The van der Waals surface area contributed by atoms with Crippen LogP contribution in [-0.4, -0.2) is 36.7 Å². The largest absolute Gasteiger partial charge is 0.267 e. The van der Waals surface area contributed by atoms with Crippen LogP contribution in [0, 0.1) is 10.1 Å². The highest BCUT2D eigenvalue weighted by molar-refractivity contribution is 7.86. The lowest BCUT2D eigenvalue weighted by molar-refractivity contribution is -0.530. The third-order valence-corrected chi connectivity index (χ3v) is 4.37. The summed E-state index contributed by atoms with van der Waals surface area (Å²) in [6.45, 7) is 0. The Morgan fingerprint density at radius 2 is 2.14 bits per heavy atom. The number of nitro groups is 1. The van der Waals surface area contributed by atoms with Gasteiger partial charge in [-0.05, 0) is 24.5 Å². The average Bonchev–Trinajstić information content (AvgIpc) is 2.37. The molecule has 0 N–H and O–H groups in total. The first-order valence-electron chi connectivity index (χ1n) is 6.39. The van der Waals surface area contributed by atoms with Gasteiger partial charge in [-0.2, -0.15) is 8.42 Å². The van der Waals surface area contributed by atoms with Crippen molar-refractivity contribution in [3.8, 4) is 0 Å². The molecule has 0 spiro atoms. The molecule has 0 bridgehead atoms. The molecule has 1 fully saturated rings. The average molecular weight is 335 g/mol. The normalized spacial score (nSPS) is 26.5. The number of hydrogen-bond donors (Lipinski definition) is 0. The molecule has 0 amide bonds. The van der Waals surface area contributed by atoms with E-state index >= 15 is 0 Å². The molecule has 1 aromatic rings. The number of halogens is 1. The first kappa shape index (κ1) is 16.1. The first-order valence-corrected chi connectivity index (χ1v) is 8.59. The Balaban J connectivity index is 2.23. The molecule has 0 saturated heterocycles. The fourth-order valence-electron chi connectivity index (χ4n) is 2.67. The van der Waals surface area contributed by atoms with Crippen molar-refractivity contribution >= 4 is 21.7 Å². The number of hydrogen-bond acceptors (Lipinski definition) is 6. The van der Waals surface area contributed by atoms with Gasteiger partial charge in [0.05, 0.1) is 18.3 Å². The second-order valence-electron chi connectivity index (χ2n) is 5.11. The third kappa shape index (κ3) is 4.36. The van der Waals surface area contributed by atoms with Crippen molar-refractivity contribution in [3.63, 3.8) is 0 Å². The van der Waals surface area contributed by atoms with Crippen molar-refractivity contribution < 1.29 is 17.5 Å². The molecule has 1 aliphatic carbocycles. The van der Waals surface area contributed by atoms with E-state index in [1.807, 2.05) is 0 Å². The Morgan fingerprint density at radius 3 is 2.67 bits per heavy atom. The molecule has 116 valence electrons. The van der Waals surface area contributed by atoms with Crippen LogP contribution in [0.5, 0.6) is 0 Å². The molecule has 1 heterocycles. The molecular formula is C12H15ClN2O5S. The van der Waals surface area contributed by atoms with Gasteiger partial charge >= 0.3 is 0 Å². The lowest BCUT2D eigenvalue weighted by Gasteiger charge is -2.30. The molecule has 1 aliphatic rings. The van der Waals surface area contributed by atoms with Gasteiger partial charge in [0.1, 0.15) is 5.15 Å². The molecule has 0 unspecified atom stereocenters. The molecule has 9 heteroatoms. The summed E-state index contributed by atoms with van der Waals surface area (Å²) in [6, 6.07) is 2.47. The number of rotatable bonds is 4. The highest BCUT2D eigenvalue weighted by atomic mass is 35.5. The summed E-state index contributed by atoms with van der Waals surface area (Å²) in [6.07, 6.45) is 2.80. The Bertz CT molecular complexity index is 619. The topological polar surface area (TPSA) is 99.4 Å². The van der Waals surface area contributed by atoms with Crippen LogP contribution in [0.15, 0.2) is 18.3 Å². The highest BCUT2D eigenvalue weighted by Gasteiger charge is 2.40. The van der Waals surface area contributed by atoms with Crippen LogP contribution in [0.25, 0.3) is 0 Å². The lowest BCUT2D eigenvalue weighted by atomic mass is 9.79. The van der Waals surface area contributed by atoms with Crippen LogP contribution >= 0.6 is 11.6 Å². The van der Waals surface area contributed by atoms with E-state index in [0.29, 0.717) is 17.1 Å². The fourth-order valence-corrected chi connectivity index (χ4v) is 3.45. The van der Waals surface area contributed by atoms with E-state index in [9.17, 15) is 18.5 Å². The predicted molar refractivity (Wildman–Crippen MR) is 76.3 cm³/mol. The van der Waals surface area contributed by atoms with E-state index < -0.39 is 28.2 Å². The van der Waals surface area contributed by atoms with Gasteiger partial charge in [0.2, 0.25) is 6.04 Å². The Kier molecular flexibility index (Phi) is 4.80. The molecule has 0 aliphatic heterocycles. The van der Waals surface area contributed by atoms with Crippen molar-refractivity contribution in [2.24, 2.45) is 0 Å². The maximum Gasteiger partial charge on any atom is 0.264 e. The van der Waals surface area contributed by atoms with Crippen LogP contribution in [0.3, 0.4) is 0 Å².